The Bertz CT molecular complexity index is 536. The number of thiazole rings is 1. The van der Waals surface area contributed by atoms with Crippen molar-refractivity contribution in [1.82, 2.24) is 9.88 Å². The topological polar surface area (TPSA) is 25.4 Å². The number of nitrogens with zero attached hydrogens (tertiary/aromatic N) is 2. The van der Waals surface area contributed by atoms with E-state index in [0.29, 0.717) is 6.61 Å². The van der Waals surface area contributed by atoms with Crippen LogP contribution in [-0.2, 0) is 6.54 Å². The minimum atomic E-state index is 0.699. The fraction of sp³-hybridized carbons (Fsp3) is 0.471. The Morgan fingerprint density at radius 1 is 1.19 bits per heavy atom. The third kappa shape index (κ3) is 4.83. The maximum Gasteiger partial charge on any atom is 0.123 e. The van der Waals surface area contributed by atoms with E-state index >= 15 is 0 Å². The molecule has 0 N–H and O–H groups in total. The van der Waals surface area contributed by atoms with Gasteiger partial charge in [0.2, 0.25) is 0 Å². The average Bonchev–Trinajstić information content (AvgIpc) is 2.94. The highest BCUT2D eigenvalue weighted by atomic mass is 32.1. The monoisotopic (exact) mass is 304 g/mol. The molecule has 0 aliphatic rings. The van der Waals surface area contributed by atoms with E-state index in [-0.39, 0.29) is 0 Å². The molecule has 0 spiro atoms. The van der Waals surface area contributed by atoms with Gasteiger partial charge in [0, 0.05) is 17.5 Å². The lowest BCUT2D eigenvalue weighted by atomic mass is 10.2. The molecule has 0 amide bonds. The molecule has 1 heterocycles. The van der Waals surface area contributed by atoms with Gasteiger partial charge in [0.15, 0.2) is 0 Å². The summed E-state index contributed by atoms with van der Waals surface area (Å²) in [6.07, 6.45) is 2.48. The number of benzene rings is 1. The number of unbranched alkanes of at least 4 members (excludes halogenated alkanes) is 1. The third-order valence-electron chi connectivity index (χ3n) is 3.29. The Hall–Kier alpha value is -1.39. The zero-order valence-electron chi connectivity index (χ0n) is 13.1. The summed E-state index contributed by atoms with van der Waals surface area (Å²) in [6.45, 7) is 6.97. The van der Waals surface area contributed by atoms with Crippen LogP contribution in [0.2, 0.25) is 0 Å². The van der Waals surface area contributed by atoms with Crippen molar-refractivity contribution >= 4 is 11.3 Å². The third-order valence-corrected chi connectivity index (χ3v) is 4.23. The van der Waals surface area contributed by atoms with E-state index in [4.69, 9.17) is 9.72 Å². The molecule has 0 fully saturated rings. The summed E-state index contributed by atoms with van der Waals surface area (Å²) in [5, 5.41) is 3.24. The van der Waals surface area contributed by atoms with Gasteiger partial charge in [0.05, 0.1) is 12.3 Å². The summed E-state index contributed by atoms with van der Waals surface area (Å²) in [5.41, 5.74) is 2.31. The zero-order chi connectivity index (χ0) is 15.1. The van der Waals surface area contributed by atoms with Crippen LogP contribution in [0.3, 0.4) is 0 Å². The Labute approximate surface area is 131 Å². The lowest BCUT2D eigenvalue weighted by molar-refractivity contribution is 0.318. The Kier molecular flexibility index (Phi) is 6.21. The lowest BCUT2D eigenvalue weighted by Gasteiger charge is -2.14. The van der Waals surface area contributed by atoms with E-state index in [1.807, 2.05) is 19.1 Å². The van der Waals surface area contributed by atoms with Crippen molar-refractivity contribution in [2.24, 2.45) is 0 Å². The van der Waals surface area contributed by atoms with Crippen LogP contribution in [0.25, 0.3) is 10.6 Å². The molecule has 0 atom stereocenters. The quantitative estimate of drug-likeness (QED) is 0.721. The largest absolute Gasteiger partial charge is 0.494 e. The molecule has 1 aromatic carbocycles. The molecule has 3 nitrogen and oxygen atoms in total. The van der Waals surface area contributed by atoms with Crippen LogP contribution in [0.4, 0.5) is 0 Å². The van der Waals surface area contributed by atoms with E-state index in [2.05, 4.69) is 36.4 Å². The lowest BCUT2D eigenvalue weighted by Crippen LogP contribution is -2.19. The molecular weight excluding hydrogens is 280 g/mol. The average molecular weight is 304 g/mol. The second kappa shape index (κ2) is 8.15. The maximum absolute atomic E-state index is 5.47. The van der Waals surface area contributed by atoms with E-state index < -0.39 is 0 Å². The van der Waals surface area contributed by atoms with Crippen LogP contribution in [-0.4, -0.2) is 30.1 Å². The van der Waals surface area contributed by atoms with Crippen molar-refractivity contribution in [3.63, 3.8) is 0 Å². The van der Waals surface area contributed by atoms with Crippen LogP contribution in [0, 0.1) is 0 Å². The molecule has 0 saturated heterocycles. The van der Waals surface area contributed by atoms with Gasteiger partial charge in [-0.15, -0.1) is 11.3 Å². The molecule has 0 radical (unpaired) electrons. The molecule has 114 valence electrons. The van der Waals surface area contributed by atoms with Crippen LogP contribution in [0.5, 0.6) is 5.75 Å². The van der Waals surface area contributed by atoms with Crippen molar-refractivity contribution in [1.29, 1.82) is 0 Å². The number of ether oxygens (including phenoxy) is 1. The molecule has 1 aromatic heterocycles. The number of hydrogen-bond donors (Lipinski definition) is 0. The number of hydrogen-bond acceptors (Lipinski definition) is 4. The van der Waals surface area contributed by atoms with Crippen LogP contribution >= 0.6 is 11.3 Å². The van der Waals surface area contributed by atoms with Gasteiger partial charge in [-0.1, -0.05) is 13.3 Å². The molecule has 0 bridgehead atoms. The molecule has 2 rings (SSSR count). The van der Waals surface area contributed by atoms with Crippen molar-refractivity contribution in [3.8, 4) is 16.3 Å². The van der Waals surface area contributed by atoms with Gasteiger partial charge in [-0.25, -0.2) is 4.98 Å². The SMILES string of the molecule is CCCCN(C)Cc1csc(-c2ccc(OCC)cc2)n1. The van der Waals surface area contributed by atoms with Crippen LogP contribution in [0.1, 0.15) is 32.4 Å². The predicted molar refractivity (Wildman–Crippen MR) is 90.0 cm³/mol. The highest BCUT2D eigenvalue weighted by Crippen LogP contribution is 2.26. The second-order valence-corrected chi connectivity index (χ2v) is 6.05. The molecular formula is C17H24N2OS. The Morgan fingerprint density at radius 2 is 1.95 bits per heavy atom. The minimum Gasteiger partial charge on any atom is -0.494 e. The van der Waals surface area contributed by atoms with E-state index in [1.54, 1.807) is 11.3 Å². The number of aromatic nitrogens is 1. The van der Waals surface area contributed by atoms with Crippen molar-refractivity contribution in [3.05, 3.63) is 35.3 Å². The second-order valence-electron chi connectivity index (χ2n) is 5.19. The first-order chi connectivity index (χ1) is 10.2. The number of rotatable bonds is 8. The van der Waals surface area contributed by atoms with Crippen molar-refractivity contribution < 1.29 is 4.74 Å². The molecule has 0 saturated carbocycles. The molecule has 0 aliphatic heterocycles. The fourth-order valence-electron chi connectivity index (χ4n) is 2.16. The molecule has 0 aliphatic carbocycles. The van der Waals surface area contributed by atoms with Gasteiger partial charge >= 0.3 is 0 Å². The maximum atomic E-state index is 5.47. The van der Waals surface area contributed by atoms with Crippen LogP contribution < -0.4 is 4.74 Å². The standard InChI is InChI=1S/C17H24N2OS/c1-4-6-11-19(3)12-15-13-21-17(18-15)14-7-9-16(10-8-14)20-5-2/h7-10,13H,4-6,11-12H2,1-3H3. The van der Waals surface area contributed by atoms with Crippen molar-refractivity contribution in [2.45, 2.75) is 33.2 Å². The summed E-state index contributed by atoms with van der Waals surface area (Å²) in [6, 6.07) is 8.17. The van der Waals surface area contributed by atoms with E-state index in [9.17, 15) is 0 Å². The Balaban J connectivity index is 1.98. The molecule has 2 aromatic rings. The van der Waals surface area contributed by atoms with Crippen LogP contribution in [0.15, 0.2) is 29.6 Å². The summed E-state index contributed by atoms with van der Waals surface area (Å²) < 4.78 is 5.47. The smallest absolute Gasteiger partial charge is 0.123 e. The normalized spacial score (nSPS) is 11.0. The fourth-order valence-corrected chi connectivity index (χ4v) is 2.97. The Morgan fingerprint density at radius 3 is 2.62 bits per heavy atom. The predicted octanol–water partition coefficient (Wildman–Crippen LogP) is 4.44. The summed E-state index contributed by atoms with van der Waals surface area (Å²) in [7, 11) is 2.16. The molecule has 0 unspecified atom stereocenters. The first-order valence-corrected chi connectivity index (χ1v) is 8.47. The van der Waals surface area contributed by atoms with E-state index in [1.165, 1.54) is 12.8 Å². The highest BCUT2D eigenvalue weighted by molar-refractivity contribution is 7.13. The van der Waals surface area contributed by atoms with Gasteiger partial charge in [-0.3, -0.25) is 0 Å². The zero-order valence-corrected chi connectivity index (χ0v) is 13.9. The van der Waals surface area contributed by atoms with Gasteiger partial charge in [-0.05, 0) is 51.2 Å². The van der Waals surface area contributed by atoms with Gasteiger partial charge < -0.3 is 9.64 Å². The highest BCUT2D eigenvalue weighted by Gasteiger charge is 2.07. The van der Waals surface area contributed by atoms with Crippen molar-refractivity contribution in [2.75, 3.05) is 20.2 Å². The first kappa shape index (κ1) is 16.0. The molecule has 4 heteroatoms. The van der Waals surface area contributed by atoms with Gasteiger partial charge in [-0.2, -0.15) is 0 Å². The van der Waals surface area contributed by atoms with Gasteiger partial charge in [0.25, 0.3) is 0 Å². The van der Waals surface area contributed by atoms with Gasteiger partial charge in [0.1, 0.15) is 10.8 Å². The summed E-state index contributed by atoms with van der Waals surface area (Å²) in [5.74, 6) is 0.914. The molecule has 21 heavy (non-hydrogen) atoms. The summed E-state index contributed by atoms with van der Waals surface area (Å²) >= 11 is 1.71. The first-order valence-electron chi connectivity index (χ1n) is 7.59. The summed E-state index contributed by atoms with van der Waals surface area (Å²) in [4.78, 5) is 7.07. The van der Waals surface area contributed by atoms with E-state index in [0.717, 1.165) is 35.1 Å². The minimum absolute atomic E-state index is 0.699.